The molecule has 2 fully saturated rings. The highest BCUT2D eigenvalue weighted by Gasteiger charge is 2.28. The van der Waals surface area contributed by atoms with Gasteiger partial charge in [0.05, 0.1) is 18.8 Å². The van der Waals surface area contributed by atoms with E-state index in [0.29, 0.717) is 12.1 Å². The van der Waals surface area contributed by atoms with Crippen molar-refractivity contribution in [2.45, 2.75) is 69.6 Å². The molecule has 0 aromatic carbocycles. The highest BCUT2D eigenvalue weighted by Crippen LogP contribution is 2.26. The third kappa shape index (κ3) is 5.38. The molecule has 0 amide bonds. The minimum Gasteiger partial charge on any atom is -0.389 e. The number of ether oxygens (including phenoxy) is 1. The van der Waals surface area contributed by atoms with E-state index >= 15 is 0 Å². The van der Waals surface area contributed by atoms with Crippen molar-refractivity contribution in [3.05, 3.63) is 0 Å². The summed E-state index contributed by atoms with van der Waals surface area (Å²) < 4.78 is 5.47. The Morgan fingerprint density at radius 3 is 2.68 bits per heavy atom. The van der Waals surface area contributed by atoms with E-state index in [1.54, 1.807) is 0 Å². The molecule has 112 valence electrons. The highest BCUT2D eigenvalue weighted by atomic mass is 16.5. The quantitative estimate of drug-likeness (QED) is 0.662. The zero-order chi connectivity index (χ0) is 13.6. The van der Waals surface area contributed by atoms with Crippen LogP contribution in [0.3, 0.4) is 0 Å². The van der Waals surface area contributed by atoms with Crippen molar-refractivity contribution < 1.29 is 9.84 Å². The van der Waals surface area contributed by atoms with Crippen molar-refractivity contribution in [1.29, 1.82) is 0 Å². The van der Waals surface area contributed by atoms with E-state index in [1.807, 2.05) is 0 Å². The monoisotopic (exact) mass is 270 g/mol. The lowest BCUT2D eigenvalue weighted by atomic mass is 9.94. The summed E-state index contributed by atoms with van der Waals surface area (Å²) in [7, 11) is 0. The Morgan fingerprint density at radius 2 is 2.05 bits per heavy atom. The topological polar surface area (TPSA) is 53.5 Å². The Hall–Kier alpha value is -0.160. The standard InChI is InChI=1S/C15H30N2O2/c1-13(10-14-11-19-9-8-16-14)17-12-15(18)6-4-2-3-5-7-15/h13-14,16-18H,2-12H2,1H3. The summed E-state index contributed by atoms with van der Waals surface area (Å²) in [5.74, 6) is 0. The van der Waals surface area contributed by atoms with Gasteiger partial charge in [0.1, 0.15) is 0 Å². The molecule has 1 aliphatic carbocycles. The molecule has 0 radical (unpaired) electrons. The second-order valence-corrected chi connectivity index (χ2v) is 6.38. The van der Waals surface area contributed by atoms with Gasteiger partial charge in [-0.3, -0.25) is 0 Å². The molecule has 4 nitrogen and oxygen atoms in total. The van der Waals surface area contributed by atoms with Crippen molar-refractivity contribution in [3.63, 3.8) is 0 Å². The average Bonchev–Trinajstić information content (AvgIpc) is 2.63. The fraction of sp³-hybridized carbons (Fsp3) is 1.00. The van der Waals surface area contributed by atoms with Gasteiger partial charge in [0.25, 0.3) is 0 Å². The fourth-order valence-corrected chi connectivity index (χ4v) is 3.21. The van der Waals surface area contributed by atoms with Crippen LogP contribution in [0.4, 0.5) is 0 Å². The maximum atomic E-state index is 10.6. The van der Waals surface area contributed by atoms with Gasteiger partial charge in [-0.2, -0.15) is 0 Å². The summed E-state index contributed by atoms with van der Waals surface area (Å²) in [4.78, 5) is 0. The fourth-order valence-electron chi connectivity index (χ4n) is 3.21. The maximum absolute atomic E-state index is 10.6. The lowest BCUT2D eigenvalue weighted by Crippen LogP contribution is -2.48. The van der Waals surface area contributed by atoms with Crippen LogP contribution in [0.1, 0.15) is 51.9 Å². The summed E-state index contributed by atoms with van der Waals surface area (Å²) in [6.07, 6.45) is 7.88. The number of morpholine rings is 1. The molecular formula is C15H30N2O2. The predicted molar refractivity (Wildman–Crippen MR) is 77.3 cm³/mol. The summed E-state index contributed by atoms with van der Waals surface area (Å²) in [5, 5.41) is 17.6. The Kier molecular flexibility index (Phi) is 6.07. The molecule has 0 aromatic heterocycles. The molecule has 0 spiro atoms. The van der Waals surface area contributed by atoms with Gasteiger partial charge in [0.15, 0.2) is 0 Å². The number of aliphatic hydroxyl groups is 1. The molecule has 4 heteroatoms. The van der Waals surface area contributed by atoms with Crippen LogP contribution < -0.4 is 10.6 Å². The van der Waals surface area contributed by atoms with Gasteiger partial charge in [-0.05, 0) is 26.2 Å². The van der Waals surface area contributed by atoms with E-state index in [-0.39, 0.29) is 0 Å². The molecule has 1 heterocycles. The molecule has 1 saturated carbocycles. The summed E-state index contributed by atoms with van der Waals surface area (Å²) in [6.45, 7) is 5.55. The smallest absolute Gasteiger partial charge is 0.0771 e. The van der Waals surface area contributed by atoms with Crippen LogP contribution in [0.25, 0.3) is 0 Å². The SMILES string of the molecule is CC(CC1COCCN1)NCC1(O)CCCCCC1. The second kappa shape index (κ2) is 7.58. The van der Waals surface area contributed by atoms with Gasteiger partial charge in [0.2, 0.25) is 0 Å². The van der Waals surface area contributed by atoms with E-state index in [0.717, 1.165) is 45.6 Å². The molecule has 2 unspecified atom stereocenters. The molecule has 19 heavy (non-hydrogen) atoms. The highest BCUT2D eigenvalue weighted by molar-refractivity contribution is 4.85. The number of rotatable bonds is 5. The number of hydrogen-bond acceptors (Lipinski definition) is 4. The van der Waals surface area contributed by atoms with E-state index in [4.69, 9.17) is 4.74 Å². The average molecular weight is 270 g/mol. The van der Waals surface area contributed by atoms with Crippen LogP contribution >= 0.6 is 0 Å². The van der Waals surface area contributed by atoms with Gasteiger partial charge in [0, 0.05) is 25.2 Å². The zero-order valence-corrected chi connectivity index (χ0v) is 12.3. The van der Waals surface area contributed by atoms with Gasteiger partial charge >= 0.3 is 0 Å². The first-order valence-electron chi connectivity index (χ1n) is 7.95. The number of hydrogen-bond donors (Lipinski definition) is 3. The van der Waals surface area contributed by atoms with Crippen molar-refractivity contribution in [2.75, 3.05) is 26.3 Å². The van der Waals surface area contributed by atoms with Gasteiger partial charge < -0.3 is 20.5 Å². The first kappa shape index (κ1) is 15.2. The Labute approximate surface area is 117 Å². The molecule has 0 aromatic rings. The molecule has 2 rings (SSSR count). The zero-order valence-electron chi connectivity index (χ0n) is 12.3. The summed E-state index contributed by atoms with van der Waals surface area (Å²) in [5.41, 5.74) is -0.471. The Bertz CT molecular complexity index is 247. The molecule has 1 aliphatic heterocycles. The van der Waals surface area contributed by atoms with E-state index in [1.165, 1.54) is 25.7 Å². The molecular weight excluding hydrogens is 240 g/mol. The van der Waals surface area contributed by atoms with Crippen LogP contribution in [0.5, 0.6) is 0 Å². The first-order valence-corrected chi connectivity index (χ1v) is 7.95. The van der Waals surface area contributed by atoms with E-state index in [2.05, 4.69) is 17.6 Å². The lowest BCUT2D eigenvalue weighted by Gasteiger charge is -2.31. The first-order chi connectivity index (χ1) is 9.18. The predicted octanol–water partition coefficient (Wildman–Crippen LogP) is 1.43. The Balaban J connectivity index is 1.68. The number of nitrogens with one attached hydrogen (secondary N) is 2. The lowest BCUT2D eigenvalue weighted by molar-refractivity contribution is 0.0213. The van der Waals surface area contributed by atoms with Crippen LogP contribution in [-0.2, 0) is 4.74 Å². The summed E-state index contributed by atoms with van der Waals surface area (Å²) >= 11 is 0. The second-order valence-electron chi connectivity index (χ2n) is 6.38. The van der Waals surface area contributed by atoms with Gasteiger partial charge in [-0.25, -0.2) is 0 Å². The molecule has 3 N–H and O–H groups in total. The van der Waals surface area contributed by atoms with Crippen LogP contribution in [0.2, 0.25) is 0 Å². The van der Waals surface area contributed by atoms with Crippen LogP contribution in [0, 0.1) is 0 Å². The third-order valence-corrected chi connectivity index (χ3v) is 4.45. The minimum absolute atomic E-state index is 0.423. The third-order valence-electron chi connectivity index (χ3n) is 4.45. The Morgan fingerprint density at radius 1 is 1.32 bits per heavy atom. The van der Waals surface area contributed by atoms with Crippen molar-refractivity contribution in [3.8, 4) is 0 Å². The van der Waals surface area contributed by atoms with Crippen molar-refractivity contribution in [1.82, 2.24) is 10.6 Å². The molecule has 2 aliphatic rings. The van der Waals surface area contributed by atoms with Gasteiger partial charge in [-0.15, -0.1) is 0 Å². The van der Waals surface area contributed by atoms with Crippen molar-refractivity contribution in [2.24, 2.45) is 0 Å². The van der Waals surface area contributed by atoms with E-state index < -0.39 is 5.60 Å². The maximum Gasteiger partial charge on any atom is 0.0771 e. The van der Waals surface area contributed by atoms with Crippen molar-refractivity contribution >= 4 is 0 Å². The largest absolute Gasteiger partial charge is 0.389 e. The minimum atomic E-state index is -0.471. The van der Waals surface area contributed by atoms with Crippen LogP contribution in [-0.4, -0.2) is 49.1 Å². The normalized spacial score (nSPS) is 29.7. The van der Waals surface area contributed by atoms with Gasteiger partial charge in [-0.1, -0.05) is 25.7 Å². The van der Waals surface area contributed by atoms with Crippen LogP contribution in [0.15, 0.2) is 0 Å². The van der Waals surface area contributed by atoms with E-state index in [9.17, 15) is 5.11 Å². The summed E-state index contributed by atoms with van der Waals surface area (Å²) in [6, 6.07) is 0.881. The molecule has 1 saturated heterocycles. The molecule has 2 atom stereocenters. The molecule has 0 bridgehead atoms.